The monoisotopic (exact) mass is 448 g/mol. The van der Waals surface area contributed by atoms with Crippen LogP contribution >= 0.6 is 12.2 Å². The van der Waals surface area contributed by atoms with Crippen LogP contribution in [0.2, 0.25) is 0 Å². The summed E-state index contributed by atoms with van der Waals surface area (Å²) in [6.45, 7) is 0. The second kappa shape index (κ2) is 9.59. The van der Waals surface area contributed by atoms with Crippen molar-refractivity contribution in [1.82, 2.24) is 25.9 Å². The summed E-state index contributed by atoms with van der Waals surface area (Å²) in [6, 6.07) is 8.18. The number of hydrazine groups is 1. The highest BCUT2D eigenvalue weighted by Crippen LogP contribution is 2.39. The fraction of sp³-hybridized carbons (Fsp3) is 0.476. The molecule has 2 aliphatic rings. The molecule has 31 heavy (non-hydrogen) atoms. The molecule has 1 amide bonds. The van der Waals surface area contributed by atoms with Gasteiger partial charge < -0.3 is 10.6 Å². The minimum absolute atomic E-state index is 0.172. The Morgan fingerprint density at radius 2 is 1.90 bits per heavy atom. The van der Waals surface area contributed by atoms with Gasteiger partial charge in [0.25, 0.3) is 12.3 Å². The molecule has 1 aromatic heterocycles. The Morgan fingerprint density at radius 3 is 2.61 bits per heavy atom. The highest BCUT2D eigenvalue weighted by molar-refractivity contribution is 7.80. The van der Waals surface area contributed by atoms with Crippen molar-refractivity contribution in [3.8, 4) is 0 Å². The minimum Gasteiger partial charge on any atom is -0.363 e. The largest absolute Gasteiger partial charge is 0.363 e. The van der Waals surface area contributed by atoms with E-state index in [4.69, 9.17) is 12.2 Å². The normalized spacial score (nSPS) is 21.1. The van der Waals surface area contributed by atoms with E-state index in [1.807, 2.05) is 30.3 Å². The number of amides is 1. The summed E-state index contributed by atoms with van der Waals surface area (Å²) in [5, 5.41) is 10.8. The van der Waals surface area contributed by atoms with Crippen LogP contribution in [0, 0.1) is 0 Å². The van der Waals surface area contributed by atoms with Crippen LogP contribution in [0.5, 0.6) is 0 Å². The molecule has 1 aromatic carbocycles. The molecule has 0 bridgehead atoms. The first-order valence-electron chi connectivity index (χ1n) is 10.6. The van der Waals surface area contributed by atoms with Crippen LogP contribution in [-0.4, -0.2) is 33.3 Å². The number of rotatable bonds is 4. The Hall–Kier alpha value is -2.75. The Kier molecular flexibility index (Phi) is 6.64. The van der Waals surface area contributed by atoms with Crippen molar-refractivity contribution < 1.29 is 13.6 Å². The number of hydrogen-bond donors (Lipinski definition) is 4. The number of carbonyl (C=O) groups is 1. The van der Waals surface area contributed by atoms with Crippen LogP contribution in [-0.2, 0) is 0 Å². The van der Waals surface area contributed by atoms with Crippen molar-refractivity contribution >= 4 is 29.1 Å². The zero-order valence-electron chi connectivity index (χ0n) is 17.0. The van der Waals surface area contributed by atoms with Crippen LogP contribution < -0.4 is 21.5 Å². The van der Waals surface area contributed by atoms with Crippen molar-refractivity contribution in [3.05, 3.63) is 47.7 Å². The smallest absolute Gasteiger partial charge is 0.275 e. The number of anilines is 1. The van der Waals surface area contributed by atoms with Gasteiger partial charge in [0, 0.05) is 6.04 Å². The highest BCUT2D eigenvalue weighted by atomic mass is 32.1. The van der Waals surface area contributed by atoms with E-state index in [1.54, 1.807) is 0 Å². The SMILES string of the molecule is O=C(NNC(=S)NC1CCCCC1)c1cnn2c1N[C@@H](c1ccccc1)C[C@@H]2C(F)F. The van der Waals surface area contributed by atoms with E-state index in [0.29, 0.717) is 11.2 Å². The number of nitrogens with zero attached hydrogens (tertiary/aromatic N) is 2. The molecule has 1 fully saturated rings. The first kappa shape index (κ1) is 21.5. The quantitative estimate of drug-likeness (QED) is 0.422. The number of nitrogens with one attached hydrogen (secondary N) is 4. The van der Waals surface area contributed by atoms with E-state index in [0.717, 1.165) is 31.2 Å². The maximum absolute atomic E-state index is 13.7. The number of benzene rings is 1. The maximum Gasteiger partial charge on any atom is 0.275 e. The number of hydrogen-bond acceptors (Lipinski definition) is 4. The molecule has 166 valence electrons. The summed E-state index contributed by atoms with van der Waals surface area (Å²) >= 11 is 5.27. The van der Waals surface area contributed by atoms with Crippen LogP contribution in [0.1, 0.15) is 66.5 Å². The lowest BCUT2D eigenvalue weighted by molar-refractivity contribution is 0.0656. The zero-order valence-corrected chi connectivity index (χ0v) is 17.8. The van der Waals surface area contributed by atoms with Gasteiger partial charge in [-0.25, -0.2) is 13.5 Å². The summed E-state index contributed by atoms with van der Waals surface area (Å²) in [5.74, 6) is -0.223. The highest BCUT2D eigenvalue weighted by Gasteiger charge is 2.36. The van der Waals surface area contributed by atoms with Gasteiger partial charge in [-0.05, 0) is 37.0 Å². The summed E-state index contributed by atoms with van der Waals surface area (Å²) in [4.78, 5) is 12.8. The average Bonchev–Trinajstić information content (AvgIpc) is 3.22. The van der Waals surface area contributed by atoms with Gasteiger partial charge in [0.1, 0.15) is 17.4 Å². The van der Waals surface area contributed by atoms with Gasteiger partial charge in [-0.2, -0.15) is 5.10 Å². The van der Waals surface area contributed by atoms with Crippen LogP contribution in [0.4, 0.5) is 14.6 Å². The average molecular weight is 449 g/mol. The van der Waals surface area contributed by atoms with Gasteiger partial charge in [-0.1, -0.05) is 49.6 Å². The lowest BCUT2D eigenvalue weighted by Crippen LogP contribution is -2.50. The van der Waals surface area contributed by atoms with Crippen molar-refractivity contribution in [3.63, 3.8) is 0 Å². The van der Waals surface area contributed by atoms with Gasteiger partial charge >= 0.3 is 0 Å². The van der Waals surface area contributed by atoms with Crippen LogP contribution in [0.25, 0.3) is 0 Å². The lowest BCUT2D eigenvalue weighted by Gasteiger charge is -2.32. The van der Waals surface area contributed by atoms with E-state index in [1.165, 1.54) is 17.3 Å². The lowest BCUT2D eigenvalue weighted by atomic mass is 9.96. The van der Waals surface area contributed by atoms with Gasteiger partial charge in [0.2, 0.25) is 0 Å². The third kappa shape index (κ3) is 4.95. The first-order valence-corrected chi connectivity index (χ1v) is 11.0. The Labute approximate surface area is 184 Å². The van der Waals surface area contributed by atoms with Crippen molar-refractivity contribution in [2.24, 2.45) is 0 Å². The van der Waals surface area contributed by atoms with E-state index in [2.05, 4.69) is 26.6 Å². The van der Waals surface area contributed by atoms with E-state index < -0.39 is 18.4 Å². The van der Waals surface area contributed by atoms with E-state index >= 15 is 0 Å². The summed E-state index contributed by atoms with van der Waals surface area (Å²) in [6.07, 6.45) is 4.53. The molecule has 0 radical (unpaired) electrons. The summed E-state index contributed by atoms with van der Waals surface area (Å²) in [5.41, 5.74) is 6.32. The van der Waals surface area contributed by atoms with Crippen molar-refractivity contribution in [2.75, 3.05) is 5.32 Å². The summed E-state index contributed by atoms with van der Waals surface area (Å²) < 4.78 is 28.7. The number of halogens is 2. The number of thiocarbonyl (C=S) groups is 1. The fourth-order valence-corrected chi connectivity index (χ4v) is 4.47. The number of aromatic nitrogens is 2. The standard InChI is InChI=1S/C21H26F2N6OS/c22-18(23)17-11-16(13-7-3-1-4-8-13)26-19-15(12-24-29(17)19)20(30)27-28-21(31)25-14-9-5-2-6-10-14/h1,3-4,7-8,12,14,16-18,26H,2,5-6,9-11H2,(H,27,30)(H2,25,28,31)/t16-,17-/m1/s1. The molecule has 7 nitrogen and oxygen atoms in total. The summed E-state index contributed by atoms with van der Waals surface area (Å²) in [7, 11) is 0. The molecule has 4 N–H and O–H groups in total. The zero-order chi connectivity index (χ0) is 21.8. The molecule has 1 aliphatic heterocycles. The number of alkyl halides is 2. The fourth-order valence-electron chi connectivity index (χ4n) is 4.25. The second-order valence-electron chi connectivity index (χ2n) is 7.98. The van der Waals surface area contributed by atoms with E-state index in [9.17, 15) is 13.6 Å². The molecule has 1 aliphatic carbocycles. The third-order valence-electron chi connectivity index (χ3n) is 5.87. The molecule has 10 heteroatoms. The maximum atomic E-state index is 13.7. The number of fused-ring (bicyclic) bond motifs is 1. The van der Waals surface area contributed by atoms with Gasteiger partial charge in [0.15, 0.2) is 5.11 Å². The third-order valence-corrected chi connectivity index (χ3v) is 6.09. The molecular weight excluding hydrogens is 422 g/mol. The molecule has 1 saturated carbocycles. The van der Waals surface area contributed by atoms with Crippen molar-refractivity contribution in [2.45, 2.75) is 63.1 Å². The second-order valence-corrected chi connectivity index (χ2v) is 8.39. The predicted molar refractivity (Wildman–Crippen MR) is 118 cm³/mol. The molecule has 2 atom stereocenters. The molecule has 0 spiro atoms. The molecule has 4 rings (SSSR count). The molecule has 0 saturated heterocycles. The number of carbonyl (C=O) groups excluding carboxylic acids is 1. The van der Waals surface area contributed by atoms with Crippen LogP contribution in [0.3, 0.4) is 0 Å². The molecule has 2 heterocycles. The Balaban J connectivity index is 1.45. The van der Waals surface area contributed by atoms with Crippen LogP contribution in [0.15, 0.2) is 36.5 Å². The van der Waals surface area contributed by atoms with Gasteiger partial charge in [-0.3, -0.25) is 15.6 Å². The molecule has 2 aromatic rings. The minimum atomic E-state index is -2.60. The van der Waals surface area contributed by atoms with Gasteiger partial charge in [-0.15, -0.1) is 0 Å². The van der Waals surface area contributed by atoms with Crippen molar-refractivity contribution in [1.29, 1.82) is 0 Å². The molecule has 0 unspecified atom stereocenters. The van der Waals surface area contributed by atoms with Gasteiger partial charge in [0.05, 0.1) is 12.2 Å². The Morgan fingerprint density at radius 1 is 1.16 bits per heavy atom. The molecular formula is C21H26F2N6OS. The Bertz CT molecular complexity index is 916. The van der Waals surface area contributed by atoms with E-state index in [-0.39, 0.29) is 23.8 Å². The first-order chi connectivity index (χ1) is 15.0. The topological polar surface area (TPSA) is 83.0 Å². The predicted octanol–water partition coefficient (Wildman–Crippen LogP) is 3.69.